The van der Waals surface area contributed by atoms with E-state index in [2.05, 4.69) is 113 Å². The van der Waals surface area contributed by atoms with Gasteiger partial charge in [-0.1, -0.05) is 141 Å². The molecule has 7 nitrogen and oxygen atoms in total. The van der Waals surface area contributed by atoms with Crippen LogP contribution in [0.1, 0.15) is 80.9 Å². The van der Waals surface area contributed by atoms with Crippen molar-refractivity contribution in [1.29, 1.82) is 0 Å². The zero-order chi connectivity index (χ0) is 31.7. The third-order valence-electron chi connectivity index (χ3n) is 7.65. The number of hydrogen-bond donors (Lipinski definition) is 0. The highest BCUT2D eigenvalue weighted by molar-refractivity contribution is 8.00. The minimum absolute atomic E-state index is 0.155. The number of carbonyl (C=O) groups excluding carboxylic acids is 1. The topological polar surface area (TPSA) is 93.5 Å². The molecule has 3 rings (SSSR count). The van der Waals surface area contributed by atoms with Crippen molar-refractivity contribution < 1.29 is 19.0 Å². The first kappa shape index (κ1) is 36.2. The summed E-state index contributed by atoms with van der Waals surface area (Å²) in [6, 6.07) is 32.8. The van der Waals surface area contributed by atoms with Gasteiger partial charge in [-0.15, -0.1) is 11.8 Å². The van der Waals surface area contributed by atoms with Crippen molar-refractivity contribution in [1.82, 2.24) is 0 Å². The molecule has 0 radical (unpaired) electrons. The van der Waals surface area contributed by atoms with Crippen LogP contribution in [0.2, 0.25) is 0 Å². The van der Waals surface area contributed by atoms with Crippen LogP contribution in [0.3, 0.4) is 0 Å². The zero-order valence-corrected chi connectivity index (χ0v) is 27.4. The van der Waals surface area contributed by atoms with Crippen molar-refractivity contribution >= 4 is 17.7 Å². The number of thioether (sulfide) groups is 1. The largest absolute Gasteiger partial charge is 0.463 e. The van der Waals surface area contributed by atoms with E-state index in [0.29, 0.717) is 39.4 Å². The number of carbonyl (C=O) groups is 1. The molecule has 0 unspecified atom stereocenters. The van der Waals surface area contributed by atoms with Gasteiger partial charge >= 0.3 is 5.97 Å². The minimum Gasteiger partial charge on any atom is -0.463 e. The van der Waals surface area contributed by atoms with Gasteiger partial charge in [0, 0.05) is 17.9 Å². The zero-order valence-electron chi connectivity index (χ0n) is 26.6. The van der Waals surface area contributed by atoms with E-state index in [1.165, 1.54) is 61.6 Å². The average Bonchev–Trinajstić information content (AvgIpc) is 3.09. The summed E-state index contributed by atoms with van der Waals surface area (Å²) in [5, 5.41) is 3.39. The van der Waals surface area contributed by atoms with Crippen molar-refractivity contribution in [2.45, 2.75) is 69.0 Å². The molecular weight excluding hydrogens is 582 g/mol. The van der Waals surface area contributed by atoms with Gasteiger partial charge in [0.1, 0.15) is 6.61 Å². The van der Waals surface area contributed by atoms with Crippen molar-refractivity contribution in [3.63, 3.8) is 0 Å². The van der Waals surface area contributed by atoms with Crippen molar-refractivity contribution in [2.75, 3.05) is 45.3 Å². The predicted octanol–water partition coefficient (Wildman–Crippen LogP) is 9.50. The van der Waals surface area contributed by atoms with Gasteiger partial charge < -0.3 is 14.2 Å². The van der Waals surface area contributed by atoms with Crippen molar-refractivity contribution in [3.05, 3.63) is 118 Å². The highest BCUT2D eigenvalue weighted by atomic mass is 32.2. The maximum absolute atomic E-state index is 11.9. The van der Waals surface area contributed by atoms with E-state index in [-0.39, 0.29) is 17.3 Å². The molecule has 0 N–H and O–H groups in total. The van der Waals surface area contributed by atoms with Gasteiger partial charge in [0.2, 0.25) is 0 Å². The van der Waals surface area contributed by atoms with E-state index >= 15 is 0 Å². The highest BCUT2D eigenvalue weighted by Gasteiger charge is 2.36. The molecule has 0 saturated heterocycles. The molecule has 0 atom stereocenters. The van der Waals surface area contributed by atoms with E-state index in [4.69, 9.17) is 19.7 Å². The lowest BCUT2D eigenvalue weighted by Gasteiger charge is -2.35. The fourth-order valence-electron chi connectivity index (χ4n) is 5.36. The summed E-state index contributed by atoms with van der Waals surface area (Å²) < 4.78 is 15.6. The number of unbranched alkanes of at least 4 members (excludes halogenated alkanes) is 8. The molecule has 3 aromatic carbocycles. The molecule has 0 aliphatic carbocycles. The Morgan fingerprint density at radius 2 is 1.07 bits per heavy atom. The van der Waals surface area contributed by atoms with Crippen molar-refractivity contribution in [3.8, 4) is 0 Å². The average molecular weight is 632 g/mol. The predicted molar refractivity (Wildman–Crippen MR) is 184 cm³/mol. The lowest BCUT2D eigenvalue weighted by molar-refractivity contribution is -0.145. The van der Waals surface area contributed by atoms with Crippen LogP contribution in [0, 0.1) is 0 Å². The number of nitrogens with zero attached hydrogens (tertiary/aromatic N) is 3. The van der Waals surface area contributed by atoms with Crippen LogP contribution in [0.25, 0.3) is 10.4 Å². The molecule has 3 aromatic rings. The second kappa shape index (κ2) is 23.1. The summed E-state index contributed by atoms with van der Waals surface area (Å²) in [6.07, 6.45) is 11.1. The summed E-state index contributed by atoms with van der Waals surface area (Å²) >= 11 is 2.06. The molecule has 242 valence electrons. The molecule has 0 spiro atoms. The third-order valence-corrected chi connectivity index (χ3v) is 9.28. The smallest absolute Gasteiger partial charge is 0.305 e. The standard InChI is InChI=1S/C37H49N3O4S/c38-40-39-26-27-42-28-29-43-30-31-44-36(41)25-17-6-4-2-1-3-5-7-18-32-45-37(33-19-11-8-12-20-33,34-21-13-9-14-22-34)35-23-15-10-16-24-35/h8-16,19-24H,1-7,17-18,25-32H2. The first-order valence-electron chi connectivity index (χ1n) is 16.4. The highest BCUT2D eigenvalue weighted by Crippen LogP contribution is 2.48. The second-order valence-corrected chi connectivity index (χ2v) is 12.3. The normalized spacial score (nSPS) is 11.2. The number of azide groups is 1. The lowest BCUT2D eigenvalue weighted by atomic mass is 9.84. The quantitative estimate of drug-likeness (QED) is 0.0232. The fourth-order valence-corrected chi connectivity index (χ4v) is 6.92. The third kappa shape index (κ3) is 13.7. The monoisotopic (exact) mass is 631 g/mol. The van der Waals surface area contributed by atoms with Gasteiger partial charge in [-0.05, 0) is 40.8 Å². The SMILES string of the molecule is [N-]=[N+]=NCCOCCOCCOC(=O)CCCCCCCCCCCSC(c1ccccc1)(c1ccccc1)c1ccccc1. The van der Waals surface area contributed by atoms with Gasteiger partial charge in [0.15, 0.2) is 0 Å². The molecule has 45 heavy (non-hydrogen) atoms. The Bertz CT molecular complexity index is 1130. The van der Waals surface area contributed by atoms with Crippen LogP contribution in [0.5, 0.6) is 0 Å². The maximum atomic E-state index is 11.9. The number of hydrogen-bond acceptors (Lipinski definition) is 6. The summed E-state index contributed by atoms with van der Waals surface area (Å²) in [7, 11) is 0. The van der Waals surface area contributed by atoms with E-state index in [9.17, 15) is 4.79 Å². The Morgan fingerprint density at radius 3 is 1.58 bits per heavy atom. The molecule has 8 heteroatoms. The van der Waals surface area contributed by atoms with E-state index in [0.717, 1.165) is 18.6 Å². The molecule has 0 bridgehead atoms. The van der Waals surface area contributed by atoms with Gasteiger partial charge in [0.05, 0.1) is 31.2 Å². The first-order chi connectivity index (χ1) is 22.3. The Balaban J connectivity index is 1.24. The Labute approximate surface area is 273 Å². The Morgan fingerprint density at radius 1 is 0.622 bits per heavy atom. The Hall–Kier alpha value is -3.29. The summed E-state index contributed by atoms with van der Waals surface area (Å²) in [4.78, 5) is 14.6. The number of ether oxygens (including phenoxy) is 3. The molecule has 0 aliphatic heterocycles. The minimum atomic E-state index is -0.227. The van der Waals surface area contributed by atoms with E-state index in [1.54, 1.807) is 0 Å². The molecule has 0 saturated carbocycles. The Kier molecular flexibility index (Phi) is 18.6. The van der Waals surface area contributed by atoms with Crippen LogP contribution < -0.4 is 0 Å². The van der Waals surface area contributed by atoms with E-state index < -0.39 is 0 Å². The van der Waals surface area contributed by atoms with Crippen LogP contribution in [-0.2, 0) is 23.8 Å². The summed E-state index contributed by atoms with van der Waals surface area (Å²) in [5.41, 5.74) is 12.2. The number of rotatable bonds is 25. The second-order valence-electron chi connectivity index (χ2n) is 11.0. The fraction of sp³-hybridized carbons (Fsp3) is 0.486. The number of benzene rings is 3. The first-order valence-corrected chi connectivity index (χ1v) is 17.4. The maximum Gasteiger partial charge on any atom is 0.305 e. The lowest BCUT2D eigenvalue weighted by Crippen LogP contribution is -2.26. The van der Waals surface area contributed by atoms with Gasteiger partial charge in [-0.2, -0.15) is 0 Å². The van der Waals surface area contributed by atoms with Crippen LogP contribution in [0.4, 0.5) is 0 Å². The van der Waals surface area contributed by atoms with Gasteiger partial charge in [-0.3, -0.25) is 4.79 Å². The number of esters is 1. The van der Waals surface area contributed by atoms with Crippen LogP contribution in [0.15, 0.2) is 96.1 Å². The molecule has 0 amide bonds. The summed E-state index contributed by atoms with van der Waals surface area (Å²) in [6.45, 7) is 2.16. The molecule has 0 aliphatic rings. The molecule has 0 aromatic heterocycles. The van der Waals surface area contributed by atoms with Crippen LogP contribution in [-0.4, -0.2) is 51.3 Å². The van der Waals surface area contributed by atoms with E-state index in [1.807, 2.05) is 0 Å². The van der Waals surface area contributed by atoms with Gasteiger partial charge in [-0.25, -0.2) is 0 Å². The molecule has 0 fully saturated rings. The van der Waals surface area contributed by atoms with Gasteiger partial charge in [0.25, 0.3) is 0 Å². The molecular formula is C37H49N3O4S. The summed E-state index contributed by atoms with van der Waals surface area (Å²) in [5.74, 6) is 0.952. The molecule has 0 heterocycles. The van der Waals surface area contributed by atoms with Crippen molar-refractivity contribution in [2.24, 2.45) is 5.11 Å². The van der Waals surface area contributed by atoms with Crippen LogP contribution >= 0.6 is 11.8 Å².